The number of halogens is 1. The first-order valence-corrected chi connectivity index (χ1v) is 14.1. The molecule has 0 heterocycles. The van der Waals surface area contributed by atoms with E-state index in [1.807, 2.05) is 30.3 Å². The molecular formula is C32H32BrNO5. The Morgan fingerprint density at radius 3 is 2.15 bits per heavy atom. The van der Waals surface area contributed by atoms with Gasteiger partial charge in [-0.25, -0.2) is 0 Å². The number of benzene rings is 3. The summed E-state index contributed by atoms with van der Waals surface area (Å²) in [6.07, 6.45) is 5.97. The first kappa shape index (κ1) is 28.4. The lowest BCUT2D eigenvalue weighted by molar-refractivity contribution is -0.136. The van der Waals surface area contributed by atoms with E-state index in [1.165, 1.54) is 37.7 Å². The van der Waals surface area contributed by atoms with Crippen molar-refractivity contribution in [2.24, 2.45) is 0 Å². The van der Waals surface area contributed by atoms with Gasteiger partial charge in [0.15, 0.2) is 11.6 Å². The van der Waals surface area contributed by atoms with E-state index in [2.05, 4.69) is 21.2 Å². The summed E-state index contributed by atoms with van der Waals surface area (Å²) >= 11 is 3.42. The van der Waals surface area contributed by atoms with Crippen molar-refractivity contribution in [3.8, 4) is 0 Å². The first-order chi connectivity index (χ1) is 18.8. The monoisotopic (exact) mass is 589 g/mol. The Kier molecular flexibility index (Phi) is 9.82. The molecule has 0 aliphatic heterocycles. The van der Waals surface area contributed by atoms with Gasteiger partial charge in [0.1, 0.15) is 0 Å². The van der Waals surface area contributed by atoms with Crippen molar-refractivity contribution in [3.63, 3.8) is 0 Å². The third-order valence-electron chi connectivity index (χ3n) is 7.32. The van der Waals surface area contributed by atoms with Crippen LogP contribution in [-0.4, -0.2) is 35.1 Å². The first-order valence-electron chi connectivity index (χ1n) is 13.3. The molecule has 3 aromatic carbocycles. The molecule has 0 bridgehead atoms. The predicted octanol–water partition coefficient (Wildman–Crippen LogP) is 6.94. The fourth-order valence-electron chi connectivity index (χ4n) is 5.14. The van der Waals surface area contributed by atoms with Crippen LogP contribution in [0, 0.1) is 0 Å². The quantitative estimate of drug-likeness (QED) is 0.236. The van der Waals surface area contributed by atoms with E-state index in [0.717, 1.165) is 4.47 Å². The van der Waals surface area contributed by atoms with Gasteiger partial charge in [0.25, 0.3) is 5.91 Å². The number of amides is 1. The summed E-state index contributed by atoms with van der Waals surface area (Å²) in [5.41, 5.74) is 3.32. The average Bonchev–Trinajstić information content (AvgIpc) is 2.96. The van der Waals surface area contributed by atoms with Crippen molar-refractivity contribution in [2.75, 3.05) is 6.54 Å². The fourth-order valence-corrected chi connectivity index (χ4v) is 5.54. The zero-order valence-electron chi connectivity index (χ0n) is 21.7. The number of Topliss-reactive ketones (excluding diaryl/α,β-unsaturated/α-hetero) is 2. The number of hydrogen-bond donors (Lipinski definition) is 2. The molecule has 2 N–H and O–H groups in total. The summed E-state index contributed by atoms with van der Waals surface area (Å²) in [4.78, 5) is 50.1. The smallest absolute Gasteiger partial charge is 0.305 e. The van der Waals surface area contributed by atoms with Crippen LogP contribution in [0.15, 0.2) is 77.3 Å². The molecule has 0 spiro atoms. The molecule has 202 valence electrons. The Labute approximate surface area is 237 Å². The number of aliphatic carboxylic acids is 1. The molecule has 6 nitrogen and oxygen atoms in total. The van der Waals surface area contributed by atoms with Gasteiger partial charge in [-0.1, -0.05) is 83.7 Å². The molecule has 7 heteroatoms. The van der Waals surface area contributed by atoms with Crippen LogP contribution in [0.1, 0.15) is 99.0 Å². The minimum Gasteiger partial charge on any atom is -0.481 e. The zero-order chi connectivity index (χ0) is 27.8. The highest BCUT2D eigenvalue weighted by Gasteiger charge is 2.26. The van der Waals surface area contributed by atoms with Crippen molar-refractivity contribution in [2.45, 2.75) is 56.8 Å². The summed E-state index contributed by atoms with van der Waals surface area (Å²) in [6.45, 7) is 0.0218. The van der Waals surface area contributed by atoms with E-state index < -0.39 is 17.8 Å². The number of rotatable bonds is 11. The SMILES string of the molecule is O=C(O)CCNC(=O)c1ccc(C(CC(=O)c2ccc(C3CCCCC3)cc2)C(=O)c2cccc(Br)c2)cc1. The molecule has 4 rings (SSSR count). The lowest BCUT2D eigenvalue weighted by Crippen LogP contribution is -2.26. The van der Waals surface area contributed by atoms with Crippen LogP contribution < -0.4 is 5.32 Å². The lowest BCUT2D eigenvalue weighted by atomic mass is 9.83. The Hall–Kier alpha value is -3.58. The van der Waals surface area contributed by atoms with Crippen molar-refractivity contribution >= 4 is 39.4 Å². The summed E-state index contributed by atoms with van der Waals surface area (Å²) in [5.74, 6) is -1.86. The third kappa shape index (κ3) is 7.73. The maximum absolute atomic E-state index is 13.6. The van der Waals surface area contributed by atoms with Gasteiger partial charge in [0.2, 0.25) is 0 Å². The van der Waals surface area contributed by atoms with Crippen LogP contribution in [-0.2, 0) is 4.79 Å². The van der Waals surface area contributed by atoms with Gasteiger partial charge >= 0.3 is 5.97 Å². The summed E-state index contributed by atoms with van der Waals surface area (Å²) in [5, 5.41) is 11.3. The number of ketones is 2. The van der Waals surface area contributed by atoms with Crippen molar-refractivity contribution in [3.05, 3.63) is 105 Å². The van der Waals surface area contributed by atoms with E-state index in [-0.39, 0.29) is 31.0 Å². The van der Waals surface area contributed by atoms with Crippen LogP contribution in [0.5, 0.6) is 0 Å². The highest BCUT2D eigenvalue weighted by atomic mass is 79.9. The number of carboxylic acids is 1. The van der Waals surface area contributed by atoms with E-state index in [0.29, 0.717) is 28.2 Å². The Balaban J connectivity index is 1.54. The second-order valence-corrected chi connectivity index (χ2v) is 10.9. The summed E-state index contributed by atoms with van der Waals surface area (Å²) in [6, 6.07) is 21.5. The number of hydrogen-bond acceptors (Lipinski definition) is 4. The Morgan fingerprint density at radius 2 is 1.51 bits per heavy atom. The van der Waals surface area contributed by atoms with Crippen LogP contribution >= 0.6 is 15.9 Å². The highest BCUT2D eigenvalue weighted by molar-refractivity contribution is 9.10. The number of carbonyl (C=O) groups is 4. The van der Waals surface area contributed by atoms with Crippen LogP contribution in [0.3, 0.4) is 0 Å². The van der Waals surface area contributed by atoms with Gasteiger partial charge in [-0.2, -0.15) is 0 Å². The van der Waals surface area contributed by atoms with E-state index in [4.69, 9.17) is 5.11 Å². The lowest BCUT2D eigenvalue weighted by Gasteiger charge is -2.22. The van der Waals surface area contributed by atoms with Gasteiger partial charge in [0.05, 0.1) is 12.3 Å². The molecule has 1 amide bonds. The molecule has 1 fully saturated rings. The third-order valence-corrected chi connectivity index (χ3v) is 7.82. The predicted molar refractivity (Wildman–Crippen MR) is 153 cm³/mol. The molecule has 0 aromatic heterocycles. The number of carboxylic acid groups (broad SMARTS) is 1. The summed E-state index contributed by atoms with van der Waals surface area (Å²) < 4.78 is 0.769. The molecule has 1 aliphatic carbocycles. The molecule has 1 atom stereocenters. The van der Waals surface area contributed by atoms with E-state index >= 15 is 0 Å². The van der Waals surface area contributed by atoms with Crippen LogP contribution in [0.25, 0.3) is 0 Å². The van der Waals surface area contributed by atoms with Gasteiger partial charge in [-0.05, 0) is 54.2 Å². The normalized spacial score (nSPS) is 14.4. The number of carbonyl (C=O) groups excluding carboxylic acids is 3. The molecule has 1 aliphatic rings. The number of nitrogens with one attached hydrogen (secondary N) is 1. The highest BCUT2D eigenvalue weighted by Crippen LogP contribution is 2.33. The van der Waals surface area contributed by atoms with Crippen molar-refractivity contribution < 1.29 is 24.3 Å². The van der Waals surface area contributed by atoms with E-state index in [9.17, 15) is 19.2 Å². The molecular weight excluding hydrogens is 558 g/mol. The van der Waals surface area contributed by atoms with Crippen LogP contribution in [0.2, 0.25) is 0 Å². The molecule has 0 saturated heterocycles. The Bertz CT molecular complexity index is 1330. The maximum atomic E-state index is 13.6. The standard InChI is InChI=1S/C32H32BrNO5/c33-27-8-4-7-26(19-27)31(38)28(23-11-15-25(16-12-23)32(39)34-18-17-30(36)37)20-29(35)24-13-9-22(10-14-24)21-5-2-1-3-6-21/h4,7-16,19,21,28H,1-3,5-6,17-18,20H2,(H,34,39)(H,36,37). The molecule has 3 aromatic rings. The Morgan fingerprint density at radius 1 is 0.846 bits per heavy atom. The summed E-state index contributed by atoms with van der Waals surface area (Å²) in [7, 11) is 0. The largest absolute Gasteiger partial charge is 0.481 e. The molecule has 1 unspecified atom stereocenters. The second kappa shape index (κ2) is 13.5. The van der Waals surface area contributed by atoms with Gasteiger partial charge in [0, 0.05) is 34.1 Å². The zero-order valence-corrected chi connectivity index (χ0v) is 23.3. The second-order valence-electron chi connectivity index (χ2n) is 10.0. The maximum Gasteiger partial charge on any atom is 0.305 e. The van der Waals surface area contributed by atoms with Gasteiger partial charge in [-0.15, -0.1) is 0 Å². The van der Waals surface area contributed by atoms with Crippen molar-refractivity contribution in [1.82, 2.24) is 5.32 Å². The van der Waals surface area contributed by atoms with E-state index in [1.54, 1.807) is 42.5 Å². The van der Waals surface area contributed by atoms with Gasteiger partial charge in [-0.3, -0.25) is 19.2 Å². The fraction of sp³-hybridized carbons (Fsp3) is 0.312. The van der Waals surface area contributed by atoms with Crippen LogP contribution in [0.4, 0.5) is 0 Å². The average molecular weight is 591 g/mol. The topological polar surface area (TPSA) is 101 Å². The molecule has 1 saturated carbocycles. The minimum atomic E-state index is -0.993. The van der Waals surface area contributed by atoms with Gasteiger partial charge < -0.3 is 10.4 Å². The minimum absolute atomic E-state index is 0.00171. The molecule has 39 heavy (non-hydrogen) atoms. The van der Waals surface area contributed by atoms with Crippen molar-refractivity contribution in [1.29, 1.82) is 0 Å². The molecule has 0 radical (unpaired) electrons.